The van der Waals surface area contributed by atoms with Crippen LogP contribution in [0.15, 0.2) is 122 Å². The Morgan fingerprint density at radius 3 is 0.753 bits per heavy atom. The van der Waals surface area contributed by atoms with Crippen molar-refractivity contribution in [1.82, 2.24) is 0 Å². The summed E-state index contributed by atoms with van der Waals surface area (Å²) < 4.78 is 16.9. The van der Waals surface area contributed by atoms with Gasteiger partial charge in [0.2, 0.25) is 0 Å². The zero-order valence-electron chi connectivity index (χ0n) is 53.0. The van der Waals surface area contributed by atoms with E-state index in [-0.39, 0.29) is 31.1 Å². The zero-order valence-corrected chi connectivity index (χ0v) is 53.0. The molecule has 0 spiro atoms. The van der Waals surface area contributed by atoms with Gasteiger partial charge in [-0.15, -0.1) is 0 Å². The van der Waals surface area contributed by atoms with E-state index < -0.39 is 6.10 Å². The summed E-state index contributed by atoms with van der Waals surface area (Å²) in [4.78, 5) is 38.3. The molecule has 0 aliphatic carbocycles. The fraction of sp³-hybridized carbons (Fsp3) is 0.693. The third-order valence-corrected chi connectivity index (χ3v) is 14.5. The minimum Gasteiger partial charge on any atom is -0.462 e. The maximum absolute atomic E-state index is 12.9. The number of unbranched alkanes of at least 4 members (excludes halogenated alkanes) is 30. The summed E-state index contributed by atoms with van der Waals surface area (Å²) in [5.74, 6) is -0.888. The van der Waals surface area contributed by atoms with Gasteiger partial charge in [0.05, 0.1) is 0 Å². The van der Waals surface area contributed by atoms with Crippen molar-refractivity contribution >= 4 is 17.9 Å². The van der Waals surface area contributed by atoms with Crippen molar-refractivity contribution in [2.75, 3.05) is 13.2 Å². The van der Waals surface area contributed by atoms with Crippen molar-refractivity contribution < 1.29 is 28.6 Å². The first kappa shape index (κ1) is 76.8. The van der Waals surface area contributed by atoms with E-state index in [9.17, 15) is 14.4 Å². The molecule has 0 radical (unpaired) electrons. The average Bonchev–Trinajstić information content (AvgIpc) is 3.47. The molecule has 0 bridgehead atoms. The van der Waals surface area contributed by atoms with Gasteiger partial charge in [-0.1, -0.05) is 309 Å². The van der Waals surface area contributed by atoms with Crippen LogP contribution < -0.4 is 0 Å². The summed E-state index contributed by atoms with van der Waals surface area (Å²) in [6, 6.07) is 0. The van der Waals surface area contributed by atoms with E-state index in [2.05, 4.69) is 142 Å². The largest absolute Gasteiger partial charge is 0.462 e. The van der Waals surface area contributed by atoms with Gasteiger partial charge >= 0.3 is 17.9 Å². The molecule has 0 aromatic rings. The Kier molecular flexibility index (Phi) is 64.8. The molecule has 0 N–H and O–H groups in total. The lowest BCUT2D eigenvalue weighted by molar-refractivity contribution is -0.167. The van der Waals surface area contributed by atoms with Crippen LogP contribution in [-0.2, 0) is 28.6 Å². The van der Waals surface area contributed by atoms with Crippen LogP contribution in [0.4, 0.5) is 0 Å². The molecule has 0 aromatic heterocycles. The summed E-state index contributed by atoms with van der Waals surface area (Å²) in [7, 11) is 0. The van der Waals surface area contributed by atoms with Crippen LogP contribution in [-0.4, -0.2) is 37.2 Å². The molecule has 6 nitrogen and oxygen atoms in total. The normalized spacial score (nSPS) is 12.9. The maximum Gasteiger partial charge on any atom is 0.306 e. The predicted octanol–water partition coefficient (Wildman–Crippen LogP) is 23.6. The van der Waals surface area contributed by atoms with E-state index in [0.29, 0.717) is 19.3 Å². The number of rotatable bonds is 61. The Hall–Kier alpha value is -4.19. The van der Waals surface area contributed by atoms with Gasteiger partial charge in [-0.25, -0.2) is 0 Å². The number of ether oxygens (including phenoxy) is 3. The van der Waals surface area contributed by atoms with E-state index in [1.54, 1.807) is 0 Å². The Balaban J connectivity index is 4.20. The van der Waals surface area contributed by atoms with Crippen LogP contribution in [0, 0.1) is 0 Å². The molecule has 0 aliphatic rings. The molecule has 0 amide bonds. The van der Waals surface area contributed by atoms with Gasteiger partial charge in [0.15, 0.2) is 6.10 Å². The van der Waals surface area contributed by atoms with Gasteiger partial charge in [-0.2, -0.15) is 0 Å². The lowest BCUT2D eigenvalue weighted by Crippen LogP contribution is -2.30. The third-order valence-electron chi connectivity index (χ3n) is 14.5. The van der Waals surface area contributed by atoms with Crippen molar-refractivity contribution in [3.05, 3.63) is 122 Å². The minimum atomic E-state index is -0.786. The fourth-order valence-electron chi connectivity index (χ4n) is 9.44. The summed E-state index contributed by atoms with van der Waals surface area (Å²) in [5, 5.41) is 0. The number of allylic oxidation sites excluding steroid dienone is 20. The van der Waals surface area contributed by atoms with Crippen LogP contribution in [0.3, 0.4) is 0 Å². The van der Waals surface area contributed by atoms with E-state index in [1.165, 1.54) is 141 Å². The molecule has 462 valence electrons. The quantitative estimate of drug-likeness (QED) is 0.0261. The second-order valence-corrected chi connectivity index (χ2v) is 22.3. The molecule has 81 heavy (non-hydrogen) atoms. The predicted molar refractivity (Wildman–Crippen MR) is 353 cm³/mol. The number of carbonyl (C=O) groups is 3. The summed E-state index contributed by atoms with van der Waals surface area (Å²) in [6.07, 6.45) is 95.1. The zero-order chi connectivity index (χ0) is 58.5. The minimum absolute atomic E-state index is 0.0819. The van der Waals surface area contributed by atoms with E-state index in [1.807, 2.05) is 0 Å². The van der Waals surface area contributed by atoms with Crippen molar-refractivity contribution in [3.63, 3.8) is 0 Å². The first-order valence-electron chi connectivity index (χ1n) is 34.0. The molecule has 0 fully saturated rings. The SMILES string of the molecule is CC/C=C\C/C=C\C/C=C\C/C=C\C/C=C\C/C=C\CCCCCCCCCCCCCCCCC(=O)OCC(COC(=O)CCCCCCCCCCCCC)OC(=O)CCCCCCCC/C=C\C/C=C\C/C=C\C/C=C\CC. The highest BCUT2D eigenvalue weighted by Gasteiger charge is 2.19. The lowest BCUT2D eigenvalue weighted by Gasteiger charge is -2.18. The molecule has 0 saturated carbocycles. The monoisotopic (exact) mass is 1120 g/mol. The molecule has 1 unspecified atom stereocenters. The lowest BCUT2D eigenvalue weighted by atomic mass is 10.0. The van der Waals surface area contributed by atoms with Crippen LogP contribution in [0.2, 0.25) is 0 Å². The van der Waals surface area contributed by atoms with Gasteiger partial charge in [-0.05, 0) is 109 Å². The van der Waals surface area contributed by atoms with Gasteiger partial charge in [-0.3, -0.25) is 14.4 Å². The van der Waals surface area contributed by atoms with Crippen molar-refractivity contribution in [1.29, 1.82) is 0 Å². The van der Waals surface area contributed by atoms with Crippen molar-refractivity contribution in [3.8, 4) is 0 Å². The van der Waals surface area contributed by atoms with Crippen LogP contribution in [0.5, 0.6) is 0 Å². The standard InChI is InChI=1S/C75H126O6/c1-4-7-10-13-16-19-22-24-26-28-30-31-32-33-34-35-36-37-38-39-40-41-42-43-45-46-48-50-53-56-59-62-65-68-74(77)80-71-72(70-79-73(76)67-64-61-58-55-52-21-18-15-12-9-6-3)81-75(78)69-66-63-60-57-54-51-49-47-44-29-27-25-23-20-17-14-11-8-5-2/h7-8,10-11,16-17,19-20,24-27,30-31,33-34,36-37,44,47,72H,4-6,9,12-15,18,21-23,28-29,32,35,38-43,45-46,48-71H2,1-3H3/b10-7-,11-8-,19-16-,20-17-,26-24-,27-25-,31-30-,34-33-,37-36-,47-44-. The highest BCUT2D eigenvalue weighted by atomic mass is 16.6. The third kappa shape index (κ3) is 66.5. The molecule has 0 rings (SSSR count). The fourth-order valence-corrected chi connectivity index (χ4v) is 9.44. The first-order valence-corrected chi connectivity index (χ1v) is 34.0. The molecule has 0 aromatic carbocycles. The summed E-state index contributed by atoms with van der Waals surface area (Å²) in [6.45, 7) is 6.42. The topological polar surface area (TPSA) is 78.9 Å². The number of hydrogen-bond donors (Lipinski definition) is 0. The maximum atomic E-state index is 12.9. The first-order chi connectivity index (χ1) is 40.0. The smallest absolute Gasteiger partial charge is 0.306 e. The Morgan fingerprint density at radius 2 is 0.481 bits per heavy atom. The van der Waals surface area contributed by atoms with E-state index >= 15 is 0 Å². The number of carbonyl (C=O) groups excluding carboxylic acids is 3. The van der Waals surface area contributed by atoms with Crippen molar-refractivity contribution in [2.24, 2.45) is 0 Å². The molecule has 1 atom stereocenters. The molecular weight excluding hydrogens is 997 g/mol. The molecular formula is C75H126O6. The van der Waals surface area contributed by atoms with Crippen LogP contribution >= 0.6 is 0 Å². The van der Waals surface area contributed by atoms with E-state index in [4.69, 9.17) is 14.2 Å². The summed E-state index contributed by atoms with van der Waals surface area (Å²) in [5.41, 5.74) is 0. The van der Waals surface area contributed by atoms with Crippen LogP contribution in [0.25, 0.3) is 0 Å². The highest BCUT2D eigenvalue weighted by molar-refractivity contribution is 5.71. The van der Waals surface area contributed by atoms with Gasteiger partial charge in [0.25, 0.3) is 0 Å². The second-order valence-electron chi connectivity index (χ2n) is 22.3. The van der Waals surface area contributed by atoms with Crippen LogP contribution in [0.1, 0.15) is 316 Å². The molecule has 6 heteroatoms. The van der Waals surface area contributed by atoms with Gasteiger partial charge in [0.1, 0.15) is 13.2 Å². The molecule has 0 aliphatic heterocycles. The second kappa shape index (κ2) is 68.3. The summed E-state index contributed by atoms with van der Waals surface area (Å²) >= 11 is 0. The number of esters is 3. The van der Waals surface area contributed by atoms with Gasteiger partial charge < -0.3 is 14.2 Å². The Bertz CT molecular complexity index is 1670. The molecule has 0 heterocycles. The van der Waals surface area contributed by atoms with E-state index in [0.717, 1.165) is 135 Å². The van der Waals surface area contributed by atoms with Crippen molar-refractivity contribution in [2.45, 2.75) is 322 Å². The van der Waals surface area contributed by atoms with Gasteiger partial charge in [0, 0.05) is 19.3 Å². The Labute approximate surface area is 501 Å². The molecule has 0 saturated heterocycles. The highest BCUT2D eigenvalue weighted by Crippen LogP contribution is 2.17. The number of hydrogen-bond acceptors (Lipinski definition) is 6. The Morgan fingerprint density at radius 1 is 0.259 bits per heavy atom. The average molecular weight is 1120 g/mol.